The highest BCUT2D eigenvalue weighted by Gasteiger charge is 1.98. The number of ether oxygens (including phenoxy) is 1. The summed E-state index contributed by atoms with van der Waals surface area (Å²) in [5.41, 5.74) is 0. The summed E-state index contributed by atoms with van der Waals surface area (Å²) in [4.78, 5) is 4.15. The van der Waals surface area contributed by atoms with Gasteiger partial charge in [0.1, 0.15) is 0 Å². The van der Waals surface area contributed by atoms with Crippen molar-refractivity contribution in [2.24, 2.45) is 0 Å². The Balaban J connectivity index is 2.17. The third-order valence-electron chi connectivity index (χ3n) is 2.06. The zero-order valence-corrected chi connectivity index (χ0v) is 8.99. The summed E-state index contributed by atoms with van der Waals surface area (Å²) in [5.74, 6) is 0.893. The molecular weight excluding hydrogens is 178 g/mol. The molecule has 0 aromatic carbocycles. The van der Waals surface area contributed by atoms with Crippen molar-refractivity contribution in [2.75, 3.05) is 25.6 Å². The van der Waals surface area contributed by atoms with Crippen molar-refractivity contribution < 1.29 is 4.74 Å². The summed E-state index contributed by atoms with van der Waals surface area (Å²) >= 11 is 0. The Morgan fingerprint density at radius 2 is 2.36 bits per heavy atom. The minimum absolute atomic E-state index is 0.755. The van der Waals surface area contributed by atoms with Crippen LogP contribution in [0.3, 0.4) is 0 Å². The SMILES string of the molecule is CCCCOCCn1ccnc1NC. The van der Waals surface area contributed by atoms with E-state index in [0.29, 0.717) is 0 Å². The van der Waals surface area contributed by atoms with Crippen LogP contribution in [0.4, 0.5) is 5.95 Å². The molecule has 1 aromatic rings. The molecule has 0 saturated heterocycles. The van der Waals surface area contributed by atoms with Crippen LogP contribution in [0.2, 0.25) is 0 Å². The number of imidazole rings is 1. The molecule has 0 atom stereocenters. The molecule has 4 nitrogen and oxygen atoms in total. The first-order valence-corrected chi connectivity index (χ1v) is 5.15. The second-order valence-corrected chi connectivity index (χ2v) is 3.16. The lowest BCUT2D eigenvalue weighted by molar-refractivity contribution is 0.124. The van der Waals surface area contributed by atoms with Gasteiger partial charge in [-0.05, 0) is 6.42 Å². The molecule has 1 aromatic heterocycles. The van der Waals surface area contributed by atoms with E-state index in [1.165, 1.54) is 6.42 Å². The molecule has 80 valence electrons. The predicted molar refractivity (Wildman–Crippen MR) is 57.5 cm³/mol. The van der Waals surface area contributed by atoms with E-state index >= 15 is 0 Å². The van der Waals surface area contributed by atoms with Gasteiger partial charge in [0.2, 0.25) is 5.95 Å². The van der Waals surface area contributed by atoms with Crippen molar-refractivity contribution in [3.05, 3.63) is 12.4 Å². The molecule has 0 fully saturated rings. The van der Waals surface area contributed by atoms with Crippen LogP contribution in [0.15, 0.2) is 12.4 Å². The average molecular weight is 197 g/mol. The Kier molecular flexibility index (Phi) is 5.07. The summed E-state index contributed by atoms with van der Waals surface area (Å²) in [6.45, 7) is 4.64. The van der Waals surface area contributed by atoms with Crippen LogP contribution in [0, 0.1) is 0 Å². The number of rotatable bonds is 7. The monoisotopic (exact) mass is 197 g/mol. The van der Waals surface area contributed by atoms with Crippen molar-refractivity contribution in [3.8, 4) is 0 Å². The van der Waals surface area contributed by atoms with E-state index < -0.39 is 0 Å². The van der Waals surface area contributed by atoms with E-state index in [4.69, 9.17) is 4.74 Å². The summed E-state index contributed by atoms with van der Waals surface area (Å²) < 4.78 is 7.52. The number of unbranched alkanes of at least 4 members (excludes halogenated alkanes) is 1. The fourth-order valence-electron chi connectivity index (χ4n) is 1.23. The lowest BCUT2D eigenvalue weighted by Gasteiger charge is -2.07. The highest BCUT2D eigenvalue weighted by Crippen LogP contribution is 2.02. The number of aromatic nitrogens is 2. The highest BCUT2D eigenvalue weighted by molar-refractivity contribution is 5.23. The number of nitrogens with one attached hydrogen (secondary N) is 1. The number of nitrogens with zero attached hydrogens (tertiary/aromatic N) is 2. The Morgan fingerprint density at radius 1 is 1.50 bits per heavy atom. The lowest BCUT2D eigenvalue weighted by Crippen LogP contribution is -2.08. The first kappa shape index (κ1) is 11.0. The second kappa shape index (κ2) is 6.43. The van der Waals surface area contributed by atoms with Crippen LogP contribution < -0.4 is 5.32 Å². The fraction of sp³-hybridized carbons (Fsp3) is 0.700. The number of hydrogen-bond donors (Lipinski definition) is 1. The van der Waals surface area contributed by atoms with E-state index in [9.17, 15) is 0 Å². The van der Waals surface area contributed by atoms with Crippen molar-refractivity contribution in [3.63, 3.8) is 0 Å². The smallest absolute Gasteiger partial charge is 0.202 e. The van der Waals surface area contributed by atoms with Crippen molar-refractivity contribution in [2.45, 2.75) is 26.3 Å². The molecule has 0 radical (unpaired) electrons. The molecule has 0 saturated carbocycles. The topological polar surface area (TPSA) is 39.1 Å². The van der Waals surface area contributed by atoms with E-state index in [1.807, 2.05) is 17.8 Å². The van der Waals surface area contributed by atoms with Crippen molar-refractivity contribution >= 4 is 5.95 Å². The molecule has 1 heterocycles. The summed E-state index contributed by atoms with van der Waals surface area (Å²) in [6, 6.07) is 0. The standard InChI is InChI=1S/C10H19N3O/c1-3-4-8-14-9-7-13-6-5-12-10(13)11-2/h5-6H,3-4,7-9H2,1-2H3,(H,11,12). The van der Waals surface area contributed by atoms with Gasteiger partial charge in [-0.15, -0.1) is 0 Å². The molecule has 0 bridgehead atoms. The third kappa shape index (κ3) is 3.38. The van der Waals surface area contributed by atoms with Gasteiger partial charge in [-0.25, -0.2) is 4.98 Å². The van der Waals surface area contributed by atoms with Gasteiger partial charge < -0.3 is 14.6 Å². The molecule has 14 heavy (non-hydrogen) atoms. The van der Waals surface area contributed by atoms with Gasteiger partial charge in [-0.2, -0.15) is 0 Å². The van der Waals surface area contributed by atoms with Crippen LogP contribution in [0.1, 0.15) is 19.8 Å². The van der Waals surface area contributed by atoms with Gasteiger partial charge in [-0.3, -0.25) is 0 Å². The third-order valence-corrected chi connectivity index (χ3v) is 2.06. The van der Waals surface area contributed by atoms with E-state index in [0.717, 1.165) is 32.1 Å². The summed E-state index contributed by atoms with van der Waals surface area (Å²) in [6.07, 6.45) is 6.07. The molecule has 1 N–H and O–H groups in total. The Labute approximate surface area is 85.3 Å². The van der Waals surface area contributed by atoms with Crippen LogP contribution in [-0.4, -0.2) is 29.8 Å². The molecule has 0 unspecified atom stereocenters. The quantitative estimate of drug-likeness (QED) is 0.677. The Bertz CT molecular complexity index is 247. The maximum absolute atomic E-state index is 5.47. The minimum Gasteiger partial charge on any atom is -0.380 e. The molecule has 0 amide bonds. The van der Waals surface area contributed by atoms with Gasteiger partial charge in [0.15, 0.2) is 0 Å². The molecular formula is C10H19N3O. The average Bonchev–Trinajstić information content (AvgIpc) is 2.65. The van der Waals surface area contributed by atoms with Crippen LogP contribution >= 0.6 is 0 Å². The molecule has 4 heteroatoms. The lowest BCUT2D eigenvalue weighted by atomic mass is 10.4. The largest absolute Gasteiger partial charge is 0.380 e. The van der Waals surface area contributed by atoms with Gasteiger partial charge in [0, 0.05) is 32.6 Å². The first-order valence-electron chi connectivity index (χ1n) is 5.15. The maximum atomic E-state index is 5.47. The summed E-state index contributed by atoms with van der Waals surface area (Å²) in [5, 5.41) is 3.02. The van der Waals surface area contributed by atoms with E-state index in [-0.39, 0.29) is 0 Å². The van der Waals surface area contributed by atoms with E-state index in [1.54, 1.807) is 6.20 Å². The Hall–Kier alpha value is -1.03. The zero-order valence-electron chi connectivity index (χ0n) is 8.99. The normalized spacial score (nSPS) is 10.4. The zero-order chi connectivity index (χ0) is 10.2. The molecule has 1 rings (SSSR count). The molecule has 0 spiro atoms. The molecule has 0 aliphatic rings. The molecule has 0 aliphatic carbocycles. The first-order chi connectivity index (χ1) is 6.88. The number of anilines is 1. The van der Waals surface area contributed by atoms with Gasteiger partial charge in [0.05, 0.1) is 6.61 Å². The van der Waals surface area contributed by atoms with Gasteiger partial charge in [-0.1, -0.05) is 13.3 Å². The van der Waals surface area contributed by atoms with Crippen molar-refractivity contribution in [1.82, 2.24) is 9.55 Å². The van der Waals surface area contributed by atoms with Crippen molar-refractivity contribution in [1.29, 1.82) is 0 Å². The Morgan fingerprint density at radius 3 is 3.07 bits per heavy atom. The minimum atomic E-state index is 0.755. The number of hydrogen-bond acceptors (Lipinski definition) is 3. The highest BCUT2D eigenvalue weighted by atomic mass is 16.5. The van der Waals surface area contributed by atoms with Crippen LogP contribution in [0.5, 0.6) is 0 Å². The fourth-order valence-corrected chi connectivity index (χ4v) is 1.23. The second-order valence-electron chi connectivity index (χ2n) is 3.16. The van der Waals surface area contributed by atoms with Gasteiger partial charge >= 0.3 is 0 Å². The molecule has 0 aliphatic heterocycles. The summed E-state index contributed by atoms with van der Waals surface area (Å²) in [7, 11) is 1.87. The predicted octanol–water partition coefficient (Wildman–Crippen LogP) is 1.74. The van der Waals surface area contributed by atoms with Gasteiger partial charge in [0.25, 0.3) is 0 Å². The van der Waals surface area contributed by atoms with E-state index in [2.05, 4.69) is 17.2 Å². The van der Waals surface area contributed by atoms with Crippen LogP contribution in [0.25, 0.3) is 0 Å². The maximum Gasteiger partial charge on any atom is 0.202 e. The van der Waals surface area contributed by atoms with Crippen LogP contribution in [-0.2, 0) is 11.3 Å².